The van der Waals surface area contributed by atoms with Crippen molar-refractivity contribution in [3.63, 3.8) is 0 Å². The Morgan fingerprint density at radius 2 is 1.94 bits per heavy atom. The van der Waals surface area contributed by atoms with Crippen molar-refractivity contribution in [1.29, 1.82) is 0 Å². The van der Waals surface area contributed by atoms with Gasteiger partial charge in [0.1, 0.15) is 6.04 Å². The van der Waals surface area contributed by atoms with Crippen LogP contribution in [-0.4, -0.2) is 22.3 Å². The standard InChI is InChI=1S/C12H15IN2O2/c1-9(16)15-11(7-13)12(17)14-8-10-5-3-2-4-6-10/h2-6,11H,7-8H2,1H3,(H,14,17)(H,15,16). The second kappa shape index (κ2) is 7.26. The van der Waals surface area contributed by atoms with Crippen molar-refractivity contribution in [2.45, 2.75) is 19.5 Å². The van der Waals surface area contributed by atoms with E-state index < -0.39 is 6.04 Å². The molecular formula is C12H15IN2O2. The molecule has 0 aromatic heterocycles. The van der Waals surface area contributed by atoms with Crippen LogP contribution in [0.2, 0.25) is 0 Å². The molecule has 0 radical (unpaired) electrons. The predicted molar refractivity (Wildman–Crippen MR) is 74.8 cm³/mol. The minimum absolute atomic E-state index is 0.154. The molecule has 17 heavy (non-hydrogen) atoms. The molecule has 0 spiro atoms. The number of rotatable bonds is 5. The van der Waals surface area contributed by atoms with Gasteiger partial charge in [-0.05, 0) is 5.56 Å². The fourth-order valence-electron chi connectivity index (χ4n) is 1.33. The second-order valence-electron chi connectivity index (χ2n) is 3.61. The third-order valence-electron chi connectivity index (χ3n) is 2.16. The first-order valence-electron chi connectivity index (χ1n) is 5.28. The minimum Gasteiger partial charge on any atom is -0.350 e. The van der Waals surface area contributed by atoms with Crippen LogP contribution in [0.25, 0.3) is 0 Å². The summed E-state index contributed by atoms with van der Waals surface area (Å²) < 4.78 is 0.554. The van der Waals surface area contributed by atoms with Gasteiger partial charge in [-0.1, -0.05) is 52.9 Å². The predicted octanol–water partition coefficient (Wildman–Crippen LogP) is 1.24. The molecular weight excluding hydrogens is 331 g/mol. The van der Waals surface area contributed by atoms with Crippen LogP contribution >= 0.6 is 22.6 Å². The number of hydrogen-bond acceptors (Lipinski definition) is 2. The zero-order valence-electron chi connectivity index (χ0n) is 9.57. The lowest BCUT2D eigenvalue weighted by molar-refractivity contribution is -0.127. The van der Waals surface area contributed by atoms with Crippen LogP contribution < -0.4 is 10.6 Å². The molecule has 4 nitrogen and oxygen atoms in total. The Bertz CT molecular complexity index is 381. The maximum Gasteiger partial charge on any atom is 0.243 e. The highest BCUT2D eigenvalue weighted by molar-refractivity contribution is 14.1. The van der Waals surface area contributed by atoms with Gasteiger partial charge in [-0.15, -0.1) is 0 Å². The van der Waals surface area contributed by atoms with Gasteiger partial charge in [-0.2, -0.15) is 0 Å². The van der Waals surface area contributed by atoms with E-state index in [2.05, 4.69) is 33.2 Å². The molecule has 0 saturated carbocycles. The van der Waals surface area contributed by atoms with Gasteiger partial charge in [-0.3, -0.25) is 9.59 Å². The Kier molecular flexibility index (Phi) is 5.96. The fourth-order valence-corrected chi connectivity index (χ4v) is 1.95. The Labute approximate surface area is 114 Å². The molecule has 1 aromatic carbocycles. The normalized spacial score (nSPS) is 11.6. The van der Waals surface area contributed by atoms with Crippen LogP contribution in [0.15, 0.2) is 30.3 Å². The lowest BCUT2D eigenvalue weighted by Gasteiger charge is -2.14. The van der Waals surface area contributed by atoms with Gasteiger partial charge in [-0.25, -0.2) is 0 Å². The van der Waals surface area contributed by atoms with Gasteiger partial charge in [0.15, 0.2) is 0 Å². The lowest BCUT2D eigenvalue weighted by Crippen LogP contribution is -2.46. The molecule has 92 valence electrons. The smallest absolute Gasteiger partial charge is 0.243 e. The van der Waals surface area contributed by atoms with Crippen molar-refractivity contribution in [2.24, 2.45) is 0 Å². The van der Waals surface area contributed by atoms with E-state index in [0.717, 1.165) is 5.56 Å². The highest BCUT2D eigenvalue weighted by Gasteiger charge is 2.17. The first-order valence-corrected chi connectivity index (χ1v) is 6.80. The number of nitrogens with one attached hydrogen (secondary N) is 2. The Morgan fingerprint density at radius 1 is 1.29 bits per heavy atom. The summed E-state index contributed by atoms with van der Waals surface area (Å²) in [4.78, 5) is 22.6. The van der Waals surface area contributed by atoms with E-state index in [9.17, 15) is 9.59 Å². The highest BCUT2D eigenvalue weighted by atomic mass is 127. The number of halogens is 1. The van der Waals surface area contributed by atoms with E-state index in [1.54, 1.807) is 0 Å². The summed E-state index contributed by atoms with van der Waals surface area (Å²) in [5.74, 6) is -0.347. The molecule has 1 unspecified atom stereocenters. The van der Waals surface area contributed by atoms with Crippen LogP contribution in [0.4, 0.5) is 0 Å². The maximum absolute atomic E-state index is 11.8. The van der Waals surface area contributed by atoms with Gasteiger partial charge < -0.3 is 10.6 Å². The molecule has 1 aromatic rings. The third-order valence-corrected chi connectivity index (χ3v) is 3.04. The molecule has 0 saturated heterocycles. The Balaban J connectivity index is 2.45. The summed E-state index contributed by atoms with van der Waals surface area (Å²) in [6.45, 7) is 1.89. The highest BCUT2D eigenvalue weighted by Crippen LogP contribution is 1.98. The molecule has 2 N–H and O–H groups in total. The molecule has 0 aliphatic heterocycles. The zero-order valence-corrected chi connectivity index (χ0v) is 11.7. The topological polar surface area (TPSA) is 58.2 Å². The summed E-state index contributed by atoms with van der Waals surface area (Å²) in [6.07, 6.45) is 0. The summed E-state index contributed by atoms with van der Waals surface area (Å²) in [6, 6.07) is 9.19. The molecule has 2 amide bonds. The van der Waals surface area contributed by atoms with Crippen LogP contribution in [0.5, 0.6) is 0 Å². The number of amides is 2. The average Bonchev–Trinajstić information content (AvgIpc) is 2.34. The van der Waals surface area contributed by atoms with Crippen molar-refractivity contribution in [2.75, 3.05) is 4.43 Å². The summed E-state index contributed by atoms with van der Waals surface area (Å²) in [5.41, 5.74) is 1.04. The molecule has 1 atom stereocenters. The first-order chi connectivity index (χ1) is 8.13. The third kappa shape index (κ3) is 5.16. The maximum atomic E-state index is 11.8. The number of benzene rings is 1. The molecule has 0 heterocycles. The first kappa shape index (κ1) is 14.0. The lowest BCUT2D eigenvalue weighted by atomic mass is 10.2. The molecule has 5 heteroatoms. The molecule has 1 rings (SSSR count). The van der Waals surface area contributed by atoms with Crippen LogP contribution in [0.3, 0.4) is 0 Å². The second-order valence-corrected chi connectivity index (χ2v) is 4.49. The molecule has 0 fully saturated rings. The largest absolute Gasteiger partial charge is 0.350 e. The van der Waals surface area contributed by atoms with Crippen molar-refractivity contribution in [1.82, 2.24) is 10.6 Å². The van der Waals surface area contributed by atoms with Crippen molar-refractivity contribution in [3.05, 3.63) is 35.9 Å². The monoisotopic (exact) mass is 346 g/mol. The van der Waals surface area contributed by atoms with E-state index in [-0.39, 0.29) is 11.8 Å². The van der Waals surface area contributed by atoms with Crippen molar-refractivity contribution < 1.29 is 9.59 Å². The van der Waals surface area contributed by atoms with E-state index in [4.69, 9.17) is 0 Å². The van der Waals surface area contributed by atoms with E-state index in [1.165, 1.54) is 6.92 Å². The number of hydrogen-bond donors (Lipinski definition) is 2. The number of carbonyl (C=O) groups excluding carboxylic acids is 2. The Morgan fingerprint density at radius 3 is 2.47 bits per heavy atom. The number of carbonyl (C=O) groups is 2. The summed E-state index contributed by atoms with van der Waals surface area (Å²) in [5, 5.41) is 5.40. The number of alkyl halides is 1. The van der Waals surface area contributed by atoms with Crippen LogP contribution in [-0.2, 0) is 16.1 Å². The minimum atomic E-state index is -0.461. The van der Waals surface area contributed by atoms with E-state index in [1.807, 2.05) is 30.3 Å². The van der Waals surface area contributed by atoms with Gasteiger partial charge in [0.05, 0.1) is 0 Å². The Hall–Kier alpha value is -1.11. The van der Waals surface area contributed by atoms with Gasteiger partial charge >= 0.3 is 0 Å². The van der Waals surface area contributed by atoms with Crippen LogP contribution in [0, 0.1) is 0 Å². The molecule has 0 aliphatic carbocycles. The van der Waals surface area contributed by atoms with Crippen LogP contribution in [0.1, 0.15) is 12.5 Å². The quantitative estimate of drug-likeness (QED) is 0.623. The van der Waals surface area contributed by atoms with E-state index in [0.29, 0.717) is 11.0 Å². The van der Waals surface area contributed by atoms with Gasteiger partial charge in [0.2, 0.25) is 11.8 Å². The average molecular weight is 346 g/mol. The van der Waals surface area contributed by atoms with Crippen molar-refractivity contribution >= 4 is 34.4 Å². The molecule has 0 aliphatic rings. The summed E-state index contributed by atoms with van der Waals surface area (Å²) >= 11 is 2.08. The molecule has 0 bridgehead atoms. The zero-order chi connectivity index (χ0) is 12.7. The SMILES string of the molecule is CC(=O)NC(CI)C(=O)NCc1ccccc1. The van der Waals surface area contributed by atoms with Gasteiger partial charge in [0.25, 0.3) is 0 Å². The van der Waals surface area contributed by atoms with Crippen molar-refractivity contribution in [3.8, 4) is 0 Å². The fraction of sp³-hybridized carbons (Fsp3) is 0.333. The van der Waals surface area contributed by atoms with E-state index >= 15 is 0 Å². The van der Waals surface area contributed by atoms with Gasteiger partial charge in [0, 0.05) is 17.9 Å². The summed E-state index contributed by atoms with van der Waals surface area (Å²) in [7, 11) is 0.